The lowest BCUT2D eigenvalue weighted by Crippen LogP contribution is -2.22. The number of hydrogen-bond donors (Lipinski definition) is 1. The van der Waals surface area contributed by atoms with Gasteiger partial charge in [-0.2, -0.15) is 0 Å². The van der Waals surface area contributed by atoms with Crippen LogP contribution in [0.15, 0.2) is 52.1 Å². The first-order valence-corrected chi connectivity index (χ1v) is 9.82. The maximum absolute atomic E-state index is 12.5. The molecule has 0 unspecified atom stereocenters. The van der Waals surface area contributed by atoms with Gasteiger partial charge in [-0.25, -0.2) is 0 Å². The molecule has 3 aromatic rings. The van der Waals surface area contributed by atoms with Gasteiger partial charge in [0.05, 0.1) is 18.8 Å². The zero-order valence-electron chi connectivity index (χ0n) is 16.4. The maximum atomic E-state index is 12.5. The number of carbonyl (C=O) groups excluding carboxylic acids is 1. The second-order valence-corrected chi connectivity index (χ2v) is 7.85. The number of aryl methyl sites for hydroxylation is 2. The Morgan fingerprint density at radius 3 is 2.64 bits per heavy atom. The van der Waals surface area contributed by atoms with Crippen molar-refractivity contribution < 1.29 is 13.9 Å². The molecule has 1 N–H and O–H groups in total. The molecule has 2 aromatic carbocycles. The molecule has 146 valence electrons. The van der Waals surface area contributed by atoms with Crippen molar-refractivity contribution in [1.29, 1.82) is 0 Å². The van der Waals surface area contributed by atoms with Crippen molar-refractivity contribution in [2.24, 2.45) is 0 Å². The summed E-state index contributed by atoms with van der Waals surface area (Å²) < 4.78 is 10.8. The third-order valence-corrected chi connectivity index (χ3v) is 5.19. The van der Waals surface area contributed by atoms with E-state index in [1.807, 2.05) is 63.2 Å². The molecule has 0 saturated carbocycles. The molecule has 0 aliphatic rings. The van der Waals surface area contributed by atoms with Gasteiger partial charge in [-0.15, -0.1) is 10.2 Å². The summed E-state index contributed by atoms with van der Waals surface area (Å²) in [6, 6.07) is 13.7. The lowest BCUT2D eigenvalue weighted by molar-refractivity contribution is -0.115. The highest BCUT2D eigenvalue weighted by Crippen LogP contribution is 2.25. The Labute approximate surface area is 168 Å². The number of amides is 1. The number of rotatable bonds is 7. The van der Waals surface area contributed by atoms with Crippen LogP contribution in [0.5, 0.6) is 5.75 Å². The minimum absolute atomic E-state index is 0.103. The molecule has 0 aliphatic carbocycles. The molecule has 0 radical (unpaired) electrons. The summed E-state index contributed by atoms with van der Waals surface area (Å²) in [5.74, 6) is 1.21. The third kappa shape index (κ3) is 5.13. The number of carbonyl (C=O) groups is 1. The van der Waals surface area contributed by atoms with E-state index in [-0.39, 0.29) is 11.2 Å². The van der Waals surface area contributed by atoms with Crippen LogP contribution in [-0.2, 0) is 11.2 Å². The molecule has 1 atom stereocenters. The number of nitrogens with zero attached hydrogens (tertiary/aromatic N) is 2. The van der Waals surface area contributed by atoms with Gasteiger partial charge in [-0.3, -0.25) is 4.79 Å². The number of hydrogen-bond acceptors (Lipinski definition) is 6. The van der Waals surface area contributed by atoms with Crippen molar-refractivity contribution in [1.82, 2.24) is 10.2 Å². The number of aromatic nitrogens is 2. The average Bonchev–Trinajstić information content (AvgIpc) is 3.12. The molecule has 0 spiro atoms. The van der Waals surface area contributed by atoms with Gasteiger partial charge >= 0.3 is 0 Å². The molecule has 1 heterocycles. The molecular weight excluding hydrogens is 374 g/mol. The van der Waals surface area contributed by atoms with Gasteiger partial charge in [0, 0.05) is 5.69 Å². The molecule has 3 rings (SSSR count). The lowest BCUT2D eigenvalue weighted by atomic mass is 10.1. The van der Waals surface area contributed by atoms with Crippen molar-refractivity contribution in [3.8, 4) is 5.75 Å². The molecule has 1 aromatic heterocycles. The Hall–Kier alpha value is -2.80. The first-order chi connectivity index (χ1) is 13.4. The number of benzene rings is 2. The van der Waals surface area contributed by atoms with Gasteiger partial charge in [0.1, 0.15) is 5.75 Å². The van der Waals surface area contributed by atoms with Crippen molar-refractivity contribution in [2.75, 3.05) is 12.4 Å². The minimum Gasteiger partial charge on any atom is -0.497 e. The Bertz CT molecular complexity index is 954. The number of methoxy groups -OCH3 is 1. The molecule has 7 heteroatoms. The van der Waals surface area contributed by atoms with Crippen molar-refractivity contribution in [2.45, 2.75) is 37.7 Å². The summed E-state index contributed by atoms with van der Waals surface area (Å²) in [4.78, 5) is 12.5. The normalized spacial score (nSPS) is 11.9. The first kappa shape index (κ1) is 19.9. The zero-order chi connectivity index (χ0) is 20.1. The molecule has 28 heavy (non-hydrogen) atoms. The van der Waals surface area contributed by atoms with Crippen molar-refractivity contribution >= 4 is 23.4 Å². The molecule has 0 fully saturated rings. The summed E-state index contributed by atoms with van der Waals surface area (Å²) in [6.45, 7) is 5.78. The first-order valence-electron chi connectivity index (χ1n) is 8.94. The van der Waals surface area contributed by atoms with Crippen LogP contribution < -0.4 is 10.1 Å². The van der Waals surface area contributed by atoms with Crippen LogP contribution in [-0.4, -0.2) is 28.5 Å². The van der Waals surface area contributed by atoms with Gasteiger partial charge in [0.2, 0.25) is 11.8 Å². The fraction of sp³-hybridized carbons (Fsp3) is 0.286. The Balaban J connectivity index is 1.58. The second kappa shape index (κ2) is 8.93. The largest absolute Gasteiger partial charge is 0.497 e. The van der Waals surface area contributed by atoms with Crippen molar-refractivity contribution in [3.63, 3.8) is 0 Å². The van der Waals surface area contributed by atoms with Crippen LogP contribution in [0, 0.1) is 13.8 Å². The van der Waals surface area contributed by atoms with Crippen LogP contribution in [0.1, 0.15) is 29.5 Å². The van der Waals surface area contributed by atoms with Crippen LogP contribution in [0.3, 0.4) is 0 Å². The summed E-state index contributed by atoms with van der Waals surface area (Å²) in [7, 11) is 1.63. The summed E-state index contributed by atoms with van der Waals surface area (Å²) >= 11 is 1.25. The highest BCUT2D eigenvalue weighted by atomic mass is 32.2. The zero-order valence-corrected chi connectivity index (χ0v) is 17.2. The van der Waals surface area contributed by atoms with Gasteiger partial charge in [-0.1, -0.05) is 36.0 Å². The number of thioether (sulfide) groups is 1. The van der Waals surface area contributed by atoms with Gasteiger partial charge in [0.25, 0.3) is 5.22 Å². The predicted octanol–water partition coefficient (Wildman–Crippen LogP) is 4.41. The molecule has 6 nitrogen and oxygen atoms in total. The Morgan fingerprint density at radius 1 is 1.18 bits per heavy atom. The molecule has 1 amide bonds. The SMILES string of the molecule is COc1ccc(Cc2nnc(S[C@H](C)C(=O)Nc3cc(C)ccc3C)o2)cc1. The molecule has 0 saturated heterocycles. The van der Waals surface area contributed by atoms with E-state index in [4.69, 9.17) is 9.15 Å². The Kier molecular flexibility index (Phi) is 6.36. The monoisotopic (exact) mass is 397 g/mol. The standard InChI is InChI=1S/C21H23N3O3S/c1-13-5-6-14(2)18(11-13)22-20(25)15(3)28-21-24-23-19(27-21)12-16-7-9-17(26-4)10-8-16/h5-11,15H,12H2,1-4H3,(H,22,25)/t15-/m1/s1. The quantitative estimate of drug-likeness (QED) is 0.595. The van der Waals surface area contributed by atoms with E-state index in [0.29, 0.717) is 17.5 Å². The van der Waals surface area contributed by atoms with E-state index in [2.05, 4.69) is 15.5 Å². The van der Waals surface area contributed by atoms with Crippen LogP contribution in [0.2, 0.25) is 0 Å². The fourth-order valence-electron chi connectivity index (χ4n) is 2.58. The fourth-order valence-corrected chi connectivity index (χ4v) is 3.29. The maximum Gasteiger partial charge on any atom is 0.277 e. The minimum atomic E-state index is -0.366. The highest BCUT2D eigenvalue weighted by Gasteiger charge is 2.19. The third-order valence-electron chi connectivity index (χ3n) is 4.26. The van der Waals surface area contributed by atoms with E-state index in [1.54, 1.807) is 7.11 Å². The smallest absolute Gasteiger partial charge is 0.277 e. The molecule has 0 bridgehead atoms. The summed E-state index contributed by atoms with van der Waals surface area (Å²) in [5, 5.41) is 11.1. The number of ether oxygens (including phenoxy) is 1. The topological polar surface area (TPSA) is 77.2 Å². The van der Waals surface area contributed by atoms with E-state index in [1.165, 1.54) is 11.8 Å². The van der Waals surface area contributed by atoms with Crippen molar-refractivity contribution in [3.05, 3.63) is 65.0 Å². The second-order valence-electron chi connectivity index (χ2n) is 6.55. The summed E-state index contributed by atoms with van der Waals surface area (Å²) in [6.07, 6.45) is 0.528. The van der Waals surface area contributed by atoms with Gasteiger partial charge in [0.15, 0.2) is 0 Å². The summed E-state index contributed by atoms with van der Waals surface area (Å²) in [5.41, 5.74) is 3.99. The van der Waals surface area contributed by atoms with E-state index in [0.717, 1.165) is 28.1 Å². The number of nitrogens with one attached hydrogen (secondary N) is 1. The Morgan fingerprint density at radius 2 is 1.93 bits per heavy atom. The van der Waals surface area contributed by atoms with Gasteiger partial charge in [-0.05, 0) is 55.7 Å². The van der Waals surface area contributed by atoms with Crippen LogP contribution >= 0.6 is 11.8 Å². The number of anilines is 1. The predicted molar refractivity (Wildman–Crippen MR) is 110 cm³/mol. The average molecular weight is 398 g/mol. The molecule has 0 aliphatic heterocycles. The highest BCUT2D eigenvalue weighted by molar-refractivity contribution is 8.00. The lowest BCUT2D eigenvalue weighted by Gasteiger charge is -2.12. The van der Waals surface area contributed by atoms with E-state index >= 15 is 0 Å². The van der Waals surface area contributed by atoms with E-state index < -0.39 is 0 Å². The van der Waals surface area contributed by atoms with E-state index in [9.17, 15) is 4.79 Å². The van der Waals surface area contributed by atoms with Crippen LogP contribution in [0.4, 0.5) is 5.69 Å². The van der Waals surface area contributed by atoms with Gasteiger partial charge < -0.3 is 14.5 Å². The van der Waals surface area contributed by atoms with Crippen LogP contribution in [0.25, 0.3) is 0 Å². The molecular formula is C21H23N3O3S.